The molecule has 7 heteroatoms. The van der Waals surface area contributed by atoms with Gasteiger partial charge in [0.2, 0.25) is 0 Å². The van der Waals surface area contributed by atoms with E-state index in [9.17, 15) is 5.11 Å². The Labute approximate surface area is 255 Å². The Bertz CT molecular complexity index is 617. The van der Waals surface area contributed by atoms with E-state index in [1.54, 1.807) is 0 Å². The molecule has 0 aromatic rings. The Morgan fingerprint density at radius 2 is 0.756 bits per heavy atom. The molecule has 0 saturated carbocycles. The summed E-state index contributed by atoms with van der Waals surface area (Å²) in [5.74, 6) is 0. The van der Waals surface area contributed by atoms with Crippen molar-refractivity contribution in [1.82, 2.24) is 4.90 Å². The van der Waals surface area contributed by atoms with Crippen LogP contribution in [-0.4, -0.2) is 97.3 Å². The van der Waals surface area contributed by atoms with Crippen LogP contribution in [0.3, 0.4) is 0 Å². The van der Waals surface area contributed by atoms with Gasteiger partial charge in [-0.3, -0.25) is 4.90 Å². The molecule has 0 spiro atoms. The van der Waals surface area contributed by atoms with Gasteiger partial charge in [-0.25, -0.2) is 0 Å². The van der Waals surface area contributed by atoms with E-state index in [0.29, 0.717) is 39.5 Å². The summed E-state index contributed by atoms with van der Waals surface area (Å²) in [6.45, 7) is 31.7. The molecule has 0 aromatic heterocycles. The van der Waals surface area contributed by atoms with E-state index in [1.165, 1.54) is 0 Å². The summed E-state index contributed by atoms with van der Waals surface area (Å²) >= 11 is 0. The molecule has 7 nitrogen and oxygen atoms in total. The third kappa shape index (κ3) is 18.2. The Kier molecular flexibility index (Phi) is 19.8. The first-order valence-electron chi connectivity index (χ1n) is 16.6. The van der Waals surface area contributed by atoms with Crippen LogP contribution in [0.1, 0.15) is 134 Å². The lowest BCUT2D eigenvalue weighted by molar-refractivity contribution is -0.0969. The number of hydrogen-bond acceptors (Lipinski definition) is 7. The molecule has 0 heterocycles. The Morgan fingerprint density at radius 1 is 0.439 bits per heavy atom. The monoisotopic (exact) mass is 590 g/mol. The second-order valence-electron chi connectivity index (χ2n) is 13.7. The summed E-state index contributed by atoms with van der Waals surface area (Å²) in [5.41, 5.74) is -0.915. The maximum absolute atomic E-state index is 9.47. The van der Waals surface area contributed by atoms with Crippen LogP contribution in [0.25, 0.3) is 0 Å². The Balaban J connectivity index is 5.09. The predicted molar refractivity (Wildman–Crippen MR) is 172 cm³/mol. The molecule has 0 amide bonds. The predicted octanol–water partition coefficient (Wildman–Crippen LogP) is 7.42. The van der Waals surface area contributed by atoms with Crippen molar-refractivity contribution in [1.29, 1.82) is 0 Å². The van der Waals surface area contributed by atoms with Gasteiger partial charge in [0, 0.05) is 26.2 Å². The zero-order valence-corrected chi connectivity index (χ0v) is 29.5. The van der Waals surface area contributed by atoms with E-state index in [4.69, 9.17) is 23.7 Å². The first-order chi connectivity index (χ1) is 19.1. The van der Waals surface area contributed by atoms with Crippen molar-refractivity contribution in [3.63, 3.8) is 0 Å². The zero-order chi connectivity index (χ0) is 31.6. The van der Waals surface area contributed by atoms with Crippen LogP contribution in [0.2, 0.25) is 0 Å². The number of aliphatic hydroxyl groups excluding tert-OH is 1. The number of aliphatic hydroxyl groups is 1. The van der Waals surface area contributed by atoms with Gasteiger partial charge in [0.15, 0.2) is 0 Å². The quantitative estimate of drug-likeness (QED) is 0.107. The summed E-state index contributed by atoms with van der Waals surface area (Å²) in [7, 11) is 0. The summed E-state index contributed by atoms with van der Waals surface area (Å²) in [4.78, 5) is 2.38. The van der Waals surface area contributed by atoms with Crippen LogP contribution < -0.4 is 0 Å². The van der Waals surface area contributed by atoms with Crippen molar-refractivity contribution in [2.24, 2.45) is 0 Å². The molecule has 3 unspecified atom stereocenters. The fourth-order valence-corrected chi connectivity index (χ4v) is 4.18. The summed E-state index contributed by atoms with van der Waals surface area (Å²) < 4.78 is 31.4. The molecular formula is C34H71NO6. The minimum Gasteiger partial charge on any atom is -0.396 e. The molecule has 3 atom stereocenters. The van der Waals surface area contributed by atoms with E-state index in [0.717, 1.165) is 64.6 Å². The molecule has 0 aliphatic rings. The van der Waals surface area contributed by atoms with Crippen LogP contribution in [-0.2, 0) is 23.7 Å². The van der Waals surface area contributed by atoms with Gasteiger partial charge in [-0.15, -0.1) is 0 Å². The molecule has 1 N–H and O–H groups in total. The molecule has 0 fully saturated rings. The Hall–Kier alpha value is -0.280. The summed E-state index contributed by atoms with van der Waals surface area (Å²) in [6.07, 6.45) is 7.14. The van der Waals surface area contributed by atoms with Gasteiger partial charge < -0.3 is 28.8 Å². The second-order valence-corrected chi connectivity index (χ2v) is 13.7. The molecule has 0 aliphatic heterocycles. The number of nitrogens with zero attached hydrogens (tertiary/aromatic N) is 1. The molecule has 0 bridgehead atoms. The highest BCUT2D eigenvalue weighted by atomic mass is 16.5. The lowest BCUT2D eigenvalue weighted by atomic mass is 9.99. The minimum atomic E-state index is -0.298. The molecule has 0 aliphatic carbocycles. The lowest BCUT2D eigenvalue weighted by Crippen LogP contribution is -2.41. The topological polar surface area (TPSA) is 69.6 Å². The first kappa shape index (κ1) is 40.7. The normalized spacial score (nSPS) is 17.4. The van der Waals surface area contributed by atoms with Crippen molar-refractivity contribution in [2.45, 2.75) is 162 Å². The number of rotatable bonds is 27. The van der Waals surface area contributed by atoms with E-state index in [-0.39, 0.29) is 34.6 Å². The van der Waals surface area contributed by atoms with Crippen molar-refractivity contribution in [3.8, 4) is 0 Å². The van der Waals surface area contributed by atoms with Crippen molar-refractivity contribution < 1.29 is 28.8 Å². The third-order valence-corrected chi connectivity index (χ3v) is 9.41. The van der Waals surface area contributed by atoms with Gasteiger partial charge in [-0.1, -0.05) is 34.6 Å². The van der Waals surface area contributed by atoms with E-state index in [1.807, 2.05) is 0 Å². The van der Waals surface area contributed by atoms with Gasteiger partial charge in [-0.05, 0) is 99.8 Å². The van der Waals surface area contributed by atoms with Crippen LogP contribution in [0, 0.1) is 0 Å². The molecular weight excluding hydrogens is 518 g/mol. The van der Waals surface area contributed by atoms with Gasteiger partial charge in [0.1, 0.15) is 0 Å². The minimum absolute atomic E-state index is 0.0974. The highest BCUT2D eigenvalue weighted by Gasteiger charge is 2.27. The molecule has 0 radical (unpaired) electrons. The number of hydrogen-bond donors (Lipinski definition) is 1. The van der Waals surface area contributed by atoms with Crippen LogP contribution in [0.15, 0.2) is 0 Å². The largest absolute Gasteiger partial charge is 0.396 e. The average Bonchev–Trinajstić information content (AvgIpc) is 2.92. The summed E-state index contributed by atoms with van der Waals surface area (Å²) in [5, 5.41) is 9.47. The maximum atomic E-state index is 9.47. The van der Waals surface area contributed by atoms with E-state index in [2.05, 4.69) is 88.0 Å². The van der Waals surface area contributed by atoms with Crippen molar-refractivity contribution in [3.05, 3.63) is 0 Å². The SMILES string of the molecule is CCC(C)(C)OCCC(C)(CC)OCCN(CCOC(C)(CC)CCO)CCOC(C)(CC)CCOC(C)(C)CC. The first-order valence-corrected chi connectivity index (χ1v) is 16.6. The second kappa shape index (κ2) is 19.9. The van der Waals surface area contributed by atoms with Gasteiger partial charge >= 0.3 is 0 Å². The summed E-state index contributed by atoms with van der Waals surface area (Å²) in [6, 6.07) is 0. The van der Waals surface area contributed by atoms with Gasteiger partial charge in [0.25, 0.3) is 0 Å². The fourth-order valence-electron chi connectivity index (χ4n) is 4.18. The smallest absolute Gasteiger partial charge is 0.0674 e. The molecule has 248 valence electrons. The number of ether oxygens (including phenoxy) is 5. The van der Waals surface area contributed by atoms with E-state index < -0.39 is 0 Å². The zero-order valence-electron chi connectivity index (χ0n) is 29.5. The van der Waals surface area contributed by atoms with Crippen LogP contribution >= 0.6 is 0 Å². The molecule has 41 heavy (non-hydrogen) atoms. The third-order valence-electron chi connectivity index (χ3n) is 9.41. The Morgan fingerprint density at radius 3 is 1.02 bits per heavy atom. The van der Waals surface area contributed by atoms with Crippen LogP contribution in [0.4, 0.5) is 0 Å². The molecule has 0 aromatic carbocycles. The van der Waals surface area contributed by atoms with E-state index >= 15 is 0 Å². The van der Waals surface area contributed by atoms with Crippen LogP contribution in [0.5, 0.6) is 0 Å². The molecule has 0 rings (SSSR count). The van der Waals surface area contributed by atoms with Crippen molar-refractivity contribution in [2.75, 3.05) is 59.3 Å². The lowest BCUT2D eigenvalue weighted by Gasteiger charge is -2.34. The highest BCUT2D eigenvalue weighted by Crippen LogP contribution is 2.24. The van der Waals surface area contributed by atoms with Crippen molar-refractivity contribution >= 4 is 0 Å². The maximum Gasteiger partial charge on any atom is 0.0674 e. The highest BCUT2D eigenvalue weighted by molar-refractivity contribution is 4.78. The standard InChI is InChI=1S/C34H71NO6/c1-13-30(6,7)37-25-19-33(11,16-4)40-28-22-35(21-27-39-32(10,15-3)18-24-36)23-29-41-34(12,17-5)20-26-38-31(8,9)14-2/h36H,13-29H2,1-12H3. The van der Waals surface area contributed by atoms with Gasteiger partial charge in [0.05, 0.1) is 61.0 Å². The fraction of sp³-hybridized carbons (Fsp3) is 1.00. The average molecular weight is 590 g/mol. The van der Waals surface area contributed by atoms with Gasteiger partial charge in [-0.2, -0.15) is 0 Å². The molecule has 0 saturated heterocycles.